The van der Waals surface area contributed by atoms with E-state index in [9.17, 15) is 0 Å². The van der Waals surface area contributed by atoms with Crippen molar-refractivity contribution in [2.45, 2.75) is 0 Å². The summed E-state index contributed by atoms with van der Waals surface area (Å²) in [5.41, 5.74) is 7.66. The average Bonchev–Trinajstić information content (AvgIpc) is 3.30. The molecule has 0 aliphatic rings. The fourth-order valence-corrected chi connectivity index (χ4v) is 8.84. The Balaban J connectivity index is 1.02. The van der Waals surface area contributed by atoms with Crippen LogP contribution in [0.5, 0.6) is 0 Å². The number of aromatic nitrogens is 4. The van der Waals surface area contributed by atoms with Crippen molar-refractivity contribution in [1.29, 1.82) is 0 Å². The summed E-state index contributed by atoms with van der Waals surface area (Å²) in [6.45, 7) is 0. The third kappa shape index (κ3) is 5.16. The van der Waals surface area contributed by atoms with E-state index in [1.165, 1.54) is 43.1 Å². The van der Waals surface area contributed by atoms with Crippen LogP contribution in [0.1, 0.15) is 0 Å². The van der Waals surface area contributed by atoms with Crippen molar-refractivity contribution in [3.8, 4) is 45.3 Å². The van der Waals surface area contributed by atoms with Gasteiger partial charge in [-0.25, -0.2) is 19.9 Å². The van der Waals surface area contributed by atoms with Gasteiger partial charge in [0.15, 0.2) is 11.6 Å². The normalized spacial score (nSPS) is 11.8. The highest BCUT2D eigenvalue weighted by molar-refractivity contribution is 6.11. The van der Waals surface area contributed by atoms with Gasteiger partial charge < -0.3 is 0 Å². The van der Waals surface area contributed by atoms with Gasteiger partial charge in [0.2, 0.25) is 0 Å². The minimum atomic E-state index is 0.680. The summed E-state index contributed by atoms with van der Waals surface area (Å²) in [4.78, 5) is 21.1. The van der Waals surface area contributed by atoms with Crippen molar-refractivity contribution in [3.05, 3.63) is 194 Å². The third-order valence-corrected chi connectivity index (χ3v) is 11.6. The molecule has 2 heterocycles. The van der Waals surface area contributed by atoms with Crippen LogP contribution in [0.25, 0.3) is 121 Å². The minimum Gasteiger partial charge on any atom is -0.228 e. The third-order valence-electron chi connectivity index (χ3n) is 11.6. The number of hydrogen-bond acceptors (Lipinski definition) is 4. The van der Waals surface area contributed by atoms with Crippen LogP contribution >= 0.6 is 0 Å². The Labute approximate surface area is 333 Å². The Bertz CT molecular complexity index is 3400. The Morgan fingerprint density at radius 2 is 0.603 bits per heavy atom. The van der Waals surface area contributed by atoms with Crippen LogP contribution in [-0.2, 0) is 0 Å². The lowest BCUT2D eigenvalue weighted by atomic mass is 9.96. The Hall–Kier alpha value is -7.82. The van der Waals surface area contributed by atoms with Gasteiger partial charge in [0.25, 0.3) is 0 Å². The van der Waals surface area contributed by atoms with Crippen LogP contribution < -0.4 is 0 Å². The molecular formula is C54H32N4. The van der Waals surface area contributed by atoms with E-state index in [1.807, 2.05) is 12.1 Å². The van der Waals surface area contributed by atoms with E-state index in [2.05, 4.69) is 182 Å². The molecule has 10 aromatic carbocycles. The van der Waals surface area contributed by atoms with E-state index in [-0.39, 0.29) is 0 Å². The molecule has 4 nitrogen and oxygen atoms in total. The highest BCUT2D eigenvalue weighted by atomic mass is 14.9. The molecule has 0 spiro atoms. The zero-order valence-corrected chi connectivity index (χ0v) is 31.3. The quantitative estimate of drug-likeness (QED) is 0.169. The van der Waals surface area contributed by atoms with Gasteiger partial charge in [-0.2, -0.15) is 0 Å². The molecular weight excluding hydrogens is 705 g/mol. The first-order valence-electron chi connectivity index (χ1n) is 19.6. The average molecular weight is 737 g/mol. The zero-order valence-electron chi connectivity index (χ0n) is 31.3. The van der Waals surface area contributed by atoms with Gasteiger partial charge in [0, 0.05) is 33.0 Å². The molecule has 4 heteroatoms. The summed E-state index contributed by atoms with van der Waals surface area (Å²) < 4.78 is 0. The van der Waals surface area contributed by atoms with E-state index in [1.54, 1.807) is 0 Å². The van der Waals surface area contributed by atoms with E-state index in [0.29, 0.717) is 11.6 Å². The molecule has 0 amide bonds. The second-order valence-electron chi connectivity index (χ2n) is 15.0. The number of benzene rings is 10. The van der Waals surface area contributed by atoms with Gasteiger partial charge in [-0.15, -0.1) is 0 Å². The predicted octanol–water partition coefficient (Wildman–Crippen LogP) is 14.0. The second kappa shape index (κ2) is 12.9. The standard InChI is InChI=1S/C54H32N4/c1-3-13-39-33(11-1)21-23-35-31-37(25-27-41(35)39)51-47-17-7-9-19-49(47)55-53(57-51)45-29-30-46(44-16-6-5-15-43(44)45)54-56-50-20-10-8-18-48(50)52(58-54)38-26-28-42-36(32-38)24-22-34-12-2-4-14-40(34)42/h1-32H. The molecule has 12 aromatic rings. The van der Waals surface area contributed by atoms with E-state index in [0.717, 1.165) is 66.2 Å². The molecule has 0 N–H and O–H groups in total. The van der Waals surface area contributed by atoms with Crippen LogP contribution in [-0.4, -0.2) is 19.9 Å². The maximum absolute atomic E-state index is 5.36. The summed E-state index contributed by atoms with van der Waals surface area (Å²) >= 11 is 0. The molecule has 0 saturated heterocycles. The van der Waals surface area contributed by atoms with E-state index >= 15 is 0 Å². The summed E-state index contributed by atoms with van der Waals surface area (Å²) in [5.74, 6) is 1.36. The first kappa shape index (κ1) is 32.4. The van der Waals surface area contributed by atoms with Crippen LogP contribution in [0, 0.1) is 0 Å². The second-order valence-corrected chi connectivity index (χ2v) is 15.0. The molecule has 268 valence electrons. The lowest BCUT2D eigenvalue weighted by Gasteiger charge is -2.15. The zero-order chi connectivity index (χ0) is 38.2. The van der Waals surface area contributed by atoms with Gasteiger partial charge in [-0.3, -0.25) is 0 Å². The Kier molecular flexibility index (Phi) is 7.20. The lowest BCUT2D eigenvalue weighted by Crippen LogP contribution is -1.98. The molecule has 0 atom stereocenters. The molecule has 0 aliphatic heterocycles. The maximum Gasteiger partial charge on any atom is 0.161 e. The first-order valence-corrected chi connectivity index (χ1v) is 19.6. The largest absolute Gasteiger partial charge is 0.228 e. The van der Waals surface area contributed by atoms with Crippen LogP contribution in [0.4, 0.5) is 0 Å². The fourth-order valence-electron chi connectivity index (χ4n) is 8.84. The van der Waals surface area contributed by atoms with Crippen LogP contribution in [0.15, 0.2) is 194 Å². The fraction of sp³-hybridized carbons (Fsp3) is 0. The molecule has 0 saturated carbocycles. The SMILES string of the molecule is c1ccc2c(c1)ccc1cc(-c3nc(-c4ccc(-c5nc(-c6ccc7c(ccc8ccccc87)c6)c6ccccc6n5)c5ccccc45)nc4ccccc34)ccc12. The van der Waals surface area contributed by atoms with Crippen LogP contribution in [0.2, 0.25) is 0 Å². The Morgan fingerprint density at radius 3 is 1.07 bits per heavy atom. The number of hydrogen-bond donors (Lipinski definition) is 0. The lowest BCUT2D eigenvalue weighted by molar-refractivity contribution is 1.23. The highest BCUT2D eigenvalue weighted by Gasteiger charge is 2.19. The van der Waals surface area contributed by atoms with Gasteiger partial charge in [-0.1, -0.05) is 158 Å². The van der Waals surface area contributed by atoms with Crippen LogP contribution in [0.3, 0.4) is 0 Å². The van der Waals surface area contributed by atoms with Crippen molar-refractivity contribution >= 4 is 75.7 Å². The van der Waals surface area contributed by atoms with Crippen molar-refractivity contribution in [1.82, 2.24) is 19.9 Å². The van der Waals surface area contributed by atoms with Gasteiger partial charge in [0.05, 0.1) is 22.4 Å². The molecule has 2 aromatic heterocycles. The van der Waals surface area contributed by atoms with Gasteiger partial charge >= 0.3 is 0 Å². The molecule has 12 rings (SSSR count). The molecule has 0 radical (unpaired) electrons. The summed E-state index contributed by atoms with van der Waals surface area (Å²) in [7, 11) is 0. The van der Waals surface area contributed by atoms with Gasteiger partial charge in [-0.05, 0) is 90.3 Å². The van der Waals surface area contributed by atoms with Crippen molar-refractivity contribution in [2.75, 3.05) is 0 Å². The van der Waals surface area contributed by atoms with E-state index < -0.39 is 0 Å². The number of rotatable bonds is 4. The van der Waals surface area contributed by atoms with Crippen molar-refractivity contribution in [2.24, 2.45) is 0 Å². The molecule has 0 bridgehead atoms. The summed E-state index contributed by atoms with van der Waals surface area (Å²) in [6.07, 6.45) is 0. The maximum atomic E-state index is 5.36. The number of fused-ring (bicyclic) bond motifs is 9. The molecule has 0 unspecified atom stereocenters. The smallest absolute Gasteiger partial charge is 0.161 e. The summed E-state index contributed by atoms with van der Waals surface area (Å²) in [5, 5.41) is 13.9. The molecule has 0 aliphatic carbocycles. The first-order chi connectivity index (χ1) is 28.7. The Morgan fingerprint density at radius 1 is 0.241 bits per heavy atom. The predicted molar refractivity (Wildman–Crippen MR) is 242 cm³/mol. The monoisotopic (exact) mass is 736 g/mol. The molecule has 0 fully saturated rings. The highest BCUT2D eigenvalue weighted by Crippen LogP contribution is 2.39. The van der Waals surface area contributed by atoms with Gasteiger partial charge in [0.1, 0.15) is 0 Å². The number of nitrogens with zero attached hydrogens (tertiary/aromatic N) is 4. The van der Waals surface area contributed by atoms with E-state index in [4.69, 9.17) is 19.9 Å². The minimum absolute atomic E-state index is 0.680. The topological polar surface area (TPSA) is 51.6 Å². The van der Waals surface area contributed by atoms with Crippen molar-refractivity contribution < 1.29 is 0 Å². The summed E-state index contributed by atoms with van der Waals surface area (Å²) in [6, 6.07) is 68.6. The molecule has 58 heavy (non-hydrogen) atoms. The number of para-hydroxylation sites is 2. The van der Waals surface area contributed by atoms with Crippen molar-refractivity contribution in [3.63, 3.8) is 0 Å².